The molecule has 0 spiro atoms. The van der Waals surface area contributed by atoms with E-state index in [2.05, 4.69) is 32.9 Å². The van der Waals surface area contributed by atoms with Gasteiger partial charge in [-0.05, 0) is 31.2 Å². The Morgan fingerprint density at radius 1 is 0.750 bits per heavy atom. The third-order valence-electron chi connectivity index (χ3n) is 3.46. The van der Waals surface area contributed by atoms with Crippen molar-refractivity contribution in [1.29, 1.82) is 0 Å². The van der Waals surface area contributed by atoms with Crippen LogP contribution in [0.4, 0.5) is 0 Å². The Morgan fingerprint density at radius 3 is 1.79 bits per heavy atom. The Kier molecular flexibility index (Phi) is 12.0. The monoisotopic (exact) mass is 354 g/mol. The Bertz CT molecular complexity index is 378. The molecule has 0 aliphatic rings. The molecule has 0 unspecified atom stereocenters. The quantitative estimate of drug-likeness (QED) is 0.334. The van der Waals surface area contributed by atoms with E-state index in [1.807, 2.05) is 18.2 Å². The molecule has 0 N–H and O–H groups in total. The van der Waals surface area contributed by atoms with Crippen LogP contribution in [0.3, 0.4) is 0 Å². The van der Waals surface area contributed by atoms with Crippen LogP contribution in [0.15, 0.2) is 30.3 Å². The average molecular weight is 355 g/mol. The first-order valence-corrected chi connectivity index (χ1v) is 11.2. The van der Waals surface area contributed by atoms with Crippen LogP contribution in [-0.2, 0) is 24.6 Å². The third-order valence-corrected chi connectivity index (χ3v) is 6.36. The summed E-state index contributed by atoms with van der Waals surface area (Å²) in [6, 6.07) is 11.1. The van der Waals surface area contributed by atoms with E-state index in [4.69, 9.17) is 18.0 Å². The fraction of sp³-hybridized carbons (Fsp3) is 0.684. The number of benzene rings is 1. The molecule has 24 heavy (non-hydrogen) atoms. The predicted octanol–water partition coefficient (Wildman–Crippen LogP) is 4.81. The highest BCUT2D eigenvalue weighted by Gasteiger charge is 2.40. The SMILES string of the molecule is CCCO[Si](CCCOCc1ccccc1)(OCCC)OCCC. The van der Waals surface area contributed by atoms with Crippen molar-refractivity contribution in [2.45, 2.75) is 59.1 Å². The average Bonchev–Trinajstić information content (AvgIpc) is 2.63. The molecule has 0 atom stereocenters. The van der Waals surface area contributed by atoms with Gasteiger partial charge in [0.2, 0.25) is 0 Å². The first-order chi connectivity index (χ1) is 11.8. The van der Waals surface area contributed by atoms with E-state index in [9.17, 15) is 0 Å². The zero-order valence-electron chi connectivity index (χ0n) is 15.6. The van der Waals surface area contributed by atoms with Crippen LogP contribution in [0.2, 0.25) is 6.04 Å². The number of hydrogen-bond acceptors (Lipinski definition) is 4. The maximum absolute atomic E-state index is 6.09. The summed E-state index contributed by atoms with van der Waals surface area (Å²) in [7, 11) is -2.57. The minimum Gasteiger partial charge on any atom is -0.377 e. The molecule has 0 aliphatic carbocycles. The third kappa shape index (κ3) is 8.94. The Morgan fingerprint density at radius 2 is 1.29 bits per heavy atom. The molecular formula is C19H34O4Si. The van der Waals surface area contributed by atoms with Gasteiger partial charge in [0.15, 0.2) is 0 Å². The smallest absolute Gasteiger partial charge is 0.377 e. The van der Waals surface area contributed by atoms with Gasteiger partial charge in [-0.1, -0.05) is 51.1 Å². The molecule has 0 fully saturated rings. The zero-order valence-corrected chi connectivity index (χ0v) is 16.6. The fourth-order valence-corrected chi connectivity index (χ4v) is 5.07. The lowest BCUT2D eigenvalue weighted by Crippen LogP contribution is -2.46. The van der Waals surface area contributed by atoms with Crippen LogP contribution in [0.5, 0.6) is 0 Å². The zero-order chi connectivity index (χ0) is 17.5. The molecule has 1 aromatic carbocycles. The van der Waals surface area contributed by atoms with Gasteiger partial charge in [-0.25, -0.2) is 0 Å². The van der Waals surface area contributed by atoms with Crippen molar-refractivity contribution in [1.82, 2.24) is 0 Å². The Balaban J connectivity index is 2.42. The van der Waals surface area contributed by atoms with Crippen molar-refractivity contribution in [2.24, 2.45) is 0 Å². The highest BCUT2D eigenvalue weighted by atomic mass is 28.4. The van der Waals surface area contributed by atoms with Gasteiger partial charge in [0, 0.05) is 32.5 Å². The van der Waals surface area contributed by atoms with Gasteiger partial charge in [0.25, 0.3) is 0 Å². The molecule has 0 aromatic heterocycles. The minimum atomic E-state index is -2.57. The molecule has 0 heterocycles. The highest BCUT2D eigenvalue weighted by Crippen LogP contribution is 2.20. The van der Waals surface area contributed by atoms with Crippen LogP contribution >= 0.6 is 0 Å². The van der Waals surface area contributed by atoms with E-state index in [1.165, 1.54) is 5.56 Å². The maximum Gasteiger partial charge on any atom is 0.501 e. The van der Waals surface area contributed by atoms with E-state index >= 15 is 0 Å². The normalized spacial score (nSPS) is 11.8. The van der Waals surface area contributed by atoms with Crippen molar-refractivity contribution in [3.05, 3.63) is 35.9 Å². The molecule has 0 saturated carbocycles. The molecule has 5 heteroatoms. The summed E-state index contributed by atoms with van der Waals surface area (Å²) in [6.07, 6.45) is 3.83. The van der Waals surface area contributed by atoms with Crippen molar-refractivity contribution in [3.8, 4) is 0 Å². The van der Waals surface area contributed by atoms with Gasteiger partial charge in [-0.2, -0.15) is 0 Å². The summed E-state index contributed by atoms with van der Waals surface area (Å²) in [5, 5.41) is 0. The first-order valence-electron chi connectivity index (χ1n) is 9.29. The molecule has 0 bridgehead atoms. The number of ether oxygens (including phenoxy) is 1. The summed E-state index contributed by atoms with van der Waals surface area (Å²) >= 11 is 0. The van der Waals surface area contributed by atoms with E-state index in [1.54, 1.807) is 0 Å². The van der Waals surface area contributed by atoms with Crippen molar-refractivity contribution >= 4 is 8.80 Å². The van der Waals surface area contributed by atoms with E-state index in [0.717, 1.165) is 31.7 Å². The maximum atomic E-state index is 6.09. The second-order valence-electron chi connectivity index (χ2n) is 5.87. The standard InChI is InChI=1S/C19H34O4Si/c1-4-13-21-24(22-14-5-2,23-15-6-3)17-10-16-20-18-19-11-8-7-9-12-19/h7-9,11-12H,4-6,10,13-18H2,1-3H3. The van der Waals surface area contributed by atoms with Gasteiger partial charge in [-0.3, -0.25) is 0 Å². The molecule has 0 amide bonds. The predicted molar refractivity (Wildman–Crippen MR) is 100 cm³/mol. The molecule has 0 aliphatic heterocycles. The van der Waals surface area contributed by atoms with Gasteiger partial charge in [0.1, 0.15) is 0 Å². The number of hydrogen-bond donors (Lipinski definition) is 0. The van der Waals surface area contributed by atoms with Crippen LogP contribution in [0.1, 0.15) is 52.0 Å². The summed E-state index contributed by atoms with van der Waals surface area (Å²) in [5.74, 6) is 0. The van der Waals surface area contributed by atoms with Gasteiger partial charge in [0.05, 0.1) is 6.61 Å². The van der Waals surface area contributed by atoms with E-state index in [0.29, 0.717) is 33.0 Å². The molecule has 1 aromatic rings. The summed E-state index contributed by atoms with van der Waals surface area (Å²) in [6.45, 7) is 9.78. The number of rotatable bonds is 15. The molecule has 1 rings (SSSR count). The summed E-state index contributed by atoms with van der Waals surface area (Å²) in [4.78, 5) is 0. The second kappa shape index (κ2) is 13.6. The highest BCUT2D eigenvalue weighted by molar-refractivity contribution is 6.60. The van der Waals surface area contributed by atoms with Gasteiger partial charge in [-0.15, -0.1) is 0 Å². The fourth-order valence-electron chi connectivity index (χ4n) is 2.27. The minimum absolute atomic E-state index is 0.650. The molecule has 138 valence electrons. The Hall–Kier alpha value is -0.723. The lowest BCUT2D eigenvalue weighted by Gasteiger charge is -2.29. The lowest BCUT2D eigenvalue weighted by atomic mass is 10.2. The first kappa shape index (κ1) is 21.3. The van der Waals surface area contributed by atoms with E-state index in [-0.39, 0.29) is 0 Å². The molecule has 4 nitrogen and oxygen atoms in total. The van der Waals surface area contributed by atoms with Crippen molar-refractivity contribution < 1.29 is 18.0 Å². The largest absolute Gasteiger partial charge is 0.501 e. The van der Waals surface area contributed by atoms with Crippen LogP contribution in [-0.4, -0.2) is 35.2 Å². The van der Waals surface area contributed by atoms with Crippen molar-refractivity contribution in [2.75, 3.05) is 26.4 Å². The van der Waals surface area contributed by atoms with Crippen molar-refractivity contribution in [3.63, 3.8) is 0 Å². The van der Waals surface area contributed by atoms with Gasteiger partial charge >= 0.3 is 8.80 Å². The Labute approximate surface area is 148 Å². The van der Waals surface area contributed by atoms with E-state index < -0.39 is 8.80 Å². The molecule has 0 radical (unpaired) electrons. The van der Waals surface area contributed by atoms with Gasteiger partial charge < -0.3 is 18.0 Å². The summed E-state index contributed by atoms with van der Waals surface area (Å²) in [5.41, 5.74) is 1.20. The van der Waals surface area contributed by atoms with Crippen LogP contribution < -0.4 is 0 Å². The van der Waals surface area contributed by atoms with Crippen LogP contribution in [0, 0.1) is 0 Å². The molecular weight excluding hydrogens is 320 g/mol. The topological polar surface area (TPSA) is 36.9 Å². The van der Waals surface area contributed by atoms with Crippen LogP contribution in [0.25, 0.3) is 0 Å². The molecule has 0 saturated heterocycles. The lowest BCUT2D eigenvalue weighted by molar-refractivity contribution is 0.0540. The summed E-state index contributed by atoms with van der Waals surface area (Å²) < 4.78 is 24.0. The second-order valence-corrected chi connectivity index (χ2v) is 8.60.